The molecular formula is C26H19F2N3OS. The first-order valence-corrected chi connectivity index (χ1v) is 11.2. The van der Waals surface area contributed by atoms with Crippen LogP contribution in [0.3, 0.4) is 0 Å². The number of para-hydroxylation sites is 1. The Morgan fingerprint density at radius 1 is 1.00 bits per heavy atom. The lowest BCUT2D eigenvalue weighted by molar-refractivity contribution is -0.115. The van der Waals surface area contributed by atoms with Crippen LogP contribution in [-0.2, 0) is 11.3 Å². The average molecular weight is 460 g/mol. The molecule has 3 aromatic carbocycles. The lowest BCUT2D eigenvalue weighted by Gasteiger charge is -2.09. The largest absolute Gasteiger partial charge is 0.340 e. The Bertz CT molecular complexity index is 1440. The molecule has 5 rings (SSSR count). The van der Waals surface area contributed by atoms with E-state index in [9.17, 15) is 13.6 Å². The van der Waals surface area contributed by atoms with Crippen molar-refractivity contribution in [2.24, 2.45) is 4.99 Å². The molecule has 0 unspecified atom stereocenters. The van der Waals surface area contributed by atoms with Crippen molar-refractivity contribution in [2.75, 3.05) is 0 Å². The minimum atomic E-state index is -0.343. The molecule has 1 aliphatic rings. The number of carbonyl (C=O) groups excluding carboxylic acids is 1. The van der Waals surface area contributed by atoms with Gasteiger partial charge in [-0.05, 0) is 61.2 Å². The number of nitrogens with zero attached hydrogens (tertiary/aromatic N) is 2. The normalized spacial score (nSPS) is 16.2. The number of amides is 1. The highest BCUT2D eigenvalue weighted by atomic mass is 32.2. The Hall–Kier alpha value is -3.71. The highest BCUT2D eigenvalue weighted by Gasteiger charge is 2.25. The molecule has 0 saturated carbocycles. The minimum Gasteiger partial charge on any atom is -0.340 e. The zero-order valence-corrected chi connectivity index (χ0v) is 18.5. The molecule has 33 heavy (non-hydrogen) atoms. The number of hydrogen-bond donors (Lipinski definition) is 1. The van der Waals surface area contributed by atoms with E-state index in [2.05, 4.69) is 14.9 Å². The van der Waals surface area contributed by atoms with Gasteiger partial charge in [-0.25, -0.2) is 13.8 Å². The van der Waals surface area contributed by atoms with Crippen molar-refractivity contribution < 1.29 is 13.6 Å². The van der Waals surface area contributed by atoms with Gasteiger partial charge in [0.2, 0.25) is 0 Å². The molecule has 1 N–H and O–H groups in total. The topological polar surface area (TPSA) is 46.4 Å². The molecule has 0 bridgehead atoms. The average Bonchev–Trinajstić information content (AvgIpc) is 3.29. The number of benzene rings is 3. The van der Waals surface area contributed by atoms with Gasteiger partial charge in [0.05, 0.1) is 17.1 Å². The van der Waals surface area contributed by atoms with Gasteiger partial charge in [-0.1, -0.05) is 36.4 Å². The van der Waals surface area contributed by atoms with Crippen LogP contribution in [0.25, 0.3) is 17.0 Å². The van der Waals surface area contributed by atoms with Crippen LogP contribution in [0.15, 0.2) is 82.7 Å². The van der Waals surface area contributed by atoms with E-state index in [1.54, 1.807) is 24.3 Å². The lowest BCUT2D eigenvalue weighted by Crippen LogP contribution is -2.19. The van der Waals surface area contributed by atoms with Gasteiger partial charge in [0.15, 0.2) is 5.17 Å². The third-order valence-corrected chi connectivity index (χ3v) is 6.46. The number of aliphatic imine (C=N–C) groups is 1. The summed E-state index contributed by atoms with van der Waals surface area (Å²) < 4.78 is 29.5. The molecule has 1 amide bonds. The third-order valence-electron chi connectivity index (χ3n) is 5.55. The summed E-state index contributed by atoms with van der Waals surface area (Å²) in [7, 11) is 0. The van der Waals surface area contributed by atoms with E-state index in [1.807, 2.05) is 43.3 Å². The number of carbonyl (C=O) groups is 1. The molecule has 4 nitrogen and oxygen atoms in total. The summed E-state index contributed by atoms with van der Waals surface area (Å²) in [5.41, 5.74) is 3.96. The van der Waals surface area contributed by atoms with Crippen molar-refractivity contribution in [3.8, 4) is 0 Å². The van der Waals surface area contributed by atoms with Crippen LogP contribution in [0.4, 0.5) is 14.5 Å². The van der Waals surface area contributed by atoms with E-state index in [1.165, 1.54) is 30.0 Å². The standard InChI is InChI=1S/C26H19F2N3OS/c1-16-21(14-24-25(32)30-26(33-24)29-19-12-10-18(27)11-13-19)20-7-3-5-9-23(20)31(16)15-17-6-2-4-8-22(17)28/h2-14H,15H2,1H3,(H,29,30,32)/b24-14+. The van der Waals surface area contributed by atoms with Crippen LogP contribution in [0, 0.1) is 18.6 Å². The quantitative estimate of drug-likeness (QED) is 0.371. The minimum absolute atomic E-state index is 0.244. The molecule has 0 spiro atoms. The second-order valence-corrected chi connectivity index (χ2v) is 8.68. The summed E-state index contributed by atoms with van der Waals surface area (Å²) >= 11 is 1.23. The SMILES string of the molecule is Cc1c(/C=C2/SC(=Nc3ccc(F)cc3)NC2=O)c2ccccc2n1Cc1ccccc1F. The second kappa shape index (κ2) is 8.67. The number of fused-ring (bicyclic) bond motifs is 1. The van der Waals surface area contributed by atoms with Gasteiger partial charge in [0.1, 0.15) is 11.6 Å². The van der Waals surface area contributed by atoms with Crippen molar-refractivity contribution in [3.05, 3.63) is 106 Å². The van der Waals surface area contributed by atoms with Crippen molar-refractivity contribution in [1.29, 1.82) is 0 Å². The van der Waals surface area contributed by atoms with Gasteiger partial charge in [-0.3, -0.25) is 4.79 Å². The van der Waals surface area contributed by atoms with Gasteiger partial charge in [-0.15, -0.1) is 0 Å². The fourth-order valence-electron chi connectivity index (χ4n) is 3.89. The van der Waals surface area contributed by atoms with Crippen molar-refractivity contribution >= 4 is 45.5 Å². The van der Waals surface area contributed by atoms with E-state index in [4.69, 9.17) is 0 Å². The first kappa shape index (κ1) is 21.2. The summed E-state index contributed by atoms with van der Waals surface area (Å²) in [6.45, 7) is 2.36. The van der Waals surface area contributed by atoms with Crippen molar-refractivity contribution in [3.63, 3.8) is 0 Å². The molecular weight excluding hydrogens is 440 g/mol. The lowest BCUT2D eigenvalue weighted by atomic mass is 10.1. The summed E-state index contributed by atoms with van der Waals surface area (Å²) in [5, 5.41) is 4.18. The number of aromatic nitrogens is 1. The molecule has 0 atom stereocenters. The van der Waals surface area contributed by atoms with Gasteiger partial charge < -0.3 is 9.88 Å². The molecule has 164 valence electrons. The first-order chi connectivity index (χ1) is 16.0. The molecule has 2 heterocycles. The Labute approximate surface area is 193 Å². The van der Waals surface area contributed by atoms with Crippen LogP contribution in [0.2, 0.25) is 0 Å². The summed E-state index contributed by atoms with van der Waals surface area (Å²) in [6, 6.07) is 20.4. The van der Waals surface area contributed by atoms with Gasteiger partial charge in [0, 0.05) is 27.7 Å². The first-order valence-electron chi connectivity index (χ1n) is 10.4. The Morgan fingerprint density at radius 2 is 1.73 bits per heavy atom. The highest BCUT2D eigenvalue weighted by molar-refractivity contribution is 8.18. The number of rotatable bonds is 4. The Kier molecular flexibility index (Phi) is 5.56. The Morgan fingerprint density at radius 3 is 2.52 bits per heavy atom. The maximum Gasteiger partial charge on any atom is 0.264 e. The number of hydrogen-bond acceptors (Lipinski definition) is 3. The molecule has 1 aliphatic heterocycles. The summed E-state index contributed by atoms with van der Waals surface area (Å²) in [6.07, 6.45) is 1.85. The monoisotopic (exact) mass is 459 g/mol. The summed E-state index contributed by atoms with van der Waals surface area (Å²) in [4.78, 5) is 17.5. The number of halogens is 2. The zero-order chi connectivity index (χ0) is 22.9. The van der Waals surface area contributed by atoms with E-state index < -0.39 is 0 Å². The van der Waals surface area contributed by atoms with Crippen LogP contribution in [0.1, 0.15) is 16.8 Å². The smallest absolute Gasteiger partial charge is 0.264 e. The molecule has 0 aliphatic carbocycles. The molecule has 7 heteroatoms. The predicted octanol–water partition coefficient (Wildman–Crippen LogP) is 6.17. The molecule has 1 aromatic heterocycles. The Balaban J connectivity index is 1.52. The van der Waals surface area contributed by atoms with Crippen LogP contribution < -0.4 is 5.32 Å². The van der Waals surface area contributed by atoms with Gasteiger partial charge in [-0.2, -0.15) is 0 Å². The van der Waals surface area contributed by atoms with Crippen molar-refractivity contribution in [2.45, 2.75) is 13.5 Å². The van der Waals surface area contributed by atoms with Crippen LogP contribution in [0.5, 0.6) is 0 Å². The molecule has 0 radical (unpaired) electrons. The number of nitrogens with one attached hydrogen (secondary N) is 1. The number of thioether (sulfide) groups is 1. The van der Waals surface area contributed by atoms with E-state index in [0.29, 0.717) is 27.9 Å². The second-order valence-electron chi connectivity index (χ2n) is 7.65. The molecule has 1 fully saturated rings. The van der Waals surface area contributed by atoms with Crippen molar-refractivity contribution in [1.82, 2.24) is 9.88 Å². The third kappa shape index (κ3) is 4.19. The van der Waals surface area contributed by atoms with E-state index >= 15 is 0 Å². The van der Waals surface area contributed by atoms with Crippen LogP contribution in [-0.4, -0.2) is 15.6 Å². The van der Waals surface area contributed by atoms with E-state index in [-0.39, 0.29) is 17.5 Å². The van der Waals surface area contributed by atoms with Crippen LogP contribution >= 0.6 is 11.8 Å². The fourth-order valence-corrected chi connectivity index (χ4v) is 4.71. The van der Waals surface area contributed by atoms with E-state index in [0.717, 1.165) is 22.2 Å². The predicted molar refractivity (Wildman–Crippen MR) is 129 cm³/mol. The molecule has 1 saturated heterocycles. The zero-order valence-electron chi connectivity index (χ0n) is 17.7. The maximum atomic E-state index is 14.3. The van der Waals surface area contributed by atoms with Gasteiger partial charge in [0.25, 0.3) is 5.91 Å². The number of amidine groups is 1. The summed E-state index contributed by atoms with van der Waals surface area (Å²) in [5.74, 6) is -0.835. The molecule has 4 aromatic rings. The van der Waals surface area contributed by atoms with Gasteiger partial charge >= 0.3 is 0 Å². The maximum absolute atomic E-state index is 14.3. The highest BCUT2D eigenvalue weighted by Crippen LogP contribution is 2.33. The fraction of sp³-hybridized carbons (Fsp3) is 0.0769.